The molecule has 0 amide bonds. The van der Waals surface area contributed by atoms with Gasteiger partial charge in [0.15, 0.2) is 0 Å². The van der Waals surface area contributed by atoms with Crippen molar-refractivity contribution in [2.75, 3.05) is 0 Å². The van der Waals surface area contributed by atoms with E-state index < -0.39 is 0 Å². The molecular formula is C32H22. The van der Waals surface area contributed by atoms with E-state index in [2.05, 4.69) is 109 Å². The van der Waals surface area contributed by atoms with Gasteiger partial charge in [-0.15, -0.1) is 0 Å². The van der Waals surface area contributed by atoms with Crippen molar-refractivity contribution in [1.29, 1.82) is 0 Å². The van der Waals surface area contributed by atoms with Crippen molar-refractivity contribution >= 4 is 10.8 Å². The van der Waals surface area contributed by atoms with Gasteiger partial charge in [-0.25, -0.2) is 0 Å². The summed E-state index contributed by atoms with van der Waals surface area (Å²) in [6, 6.07) is 41.5. The Morgan fingerprint density at radius 2 is 1.19 bits per heavy atom. The predicted octanol–water partition coefficient (Wildman–Crippen LogP) is 7.59. The van der Waals surface area contributed by atoms with Gasteiger partial charge in [-0.1, -0.05) is 97.1 Å². The van der Waals surface area contributed by atoms with Crippen molar-refractivity contribution in [2.24, 2.45) is 0 Å². The molecule has 0 aromatic heterocycles. The number of fused-ring (bicyclic) bond motifs is 13. The van der Waals surface area contributed by atoms with E-state index in [0.29, 0.717) is 11.8 Å². The molecule has 0 heteroatoms. The van der Waals surface area contributed by atoms with Crippen LogP contribution in [0.25, 0.3) is 21.9 Å². The second kappa shape index (κ2) is 5.78. The molecule has 8 rings (SSSR count). The maximum atomic E-state index is 2.50. The standard InChI is InChI=1S/C32H22/c1-2-10-21-19-30-26(17-20(21)9-1)24-13-5-7-15-28(24)32(30)29-16-8-6-14-25(29)27-18-22-11-3-4-12-23(22)31(27)32/h1-17,19,27,31H,18H2. The van der Waals surface area contributed by atoms with E-state index in [1.807, 2.05) is 0 Å². The van der Waals surface area contributed by atoms with Crippen LogP contribution < -0.4 is 0 Å². The molecule has 0 N–H and O–H groups in total. The summed E-state index contributed by atoms with van der Waals surface area (Å²) in [5.41, 5.74) is 11.8. The van der Waals surface area contributed by atoms with E-state index in [9.17, 15) is 0 Å². The molecule has 3 aliphatic rings. The van der Waals surface area contributed by atoms with E-state index >= 15 is 0 Å². The Labute approximate surface area is 188 Å². The fourth-order valence-electron chi connectivity index (χ4n) is 7.39. The molecule has 32 heavy (non-hydrogen) atoms. The molecule has 0 fully saturated rings. The first-order valence-electron chi connectivity index (χ1n) is 11.7. The Balaban J connectivity index is 1.57. The van der Waals surface area contributed by atoms with E-state index in [-0.39, 0.29) is 5.41 Å². The van der Waals surface area contributed by atoms with E-state index in [1.54, 1.807) is 11.1 Å². The molecule has 0 saturated carbocycles. The largest absolute Gasteiger partial charge is 0.0620 e. The Hall–Kier alpha value is -3.64. The fraction of sp³-hybridized carbons (Fsp3) is 0.125. The molecule has 5 aromatic rings. The third-order valence-corrected chi connectivity index (χ3v) is 8.44. The number of benzene rings is 5. The maximum Gasteiger partial charge on any atom is 0.0541 e. The van der Waals surface area contributed by atoms with Gasteiger partial charge in [-0.05, 0) is 79.8 Å². The van der Waals surface area contributed by atoms with Crippen molar-refractivity contribution in [3.63, 3.8) is 0 Å². The zero-order chi connectivity index (χ0) is 20.9. The van der Waals surface area contributed by atoms with Crippen molar-refractivity contribution in [3.05, 3.63) is 143 Å². The van der Waals surface area contributed by atoms with Gasteiger partial charge < -0.3 is 0 Å². The first kappa shape index (κ1) is 17.0. The van der Waals surface area contributed by atoms with Crippen LogP contribution in [-0.2, 0) is 11.8 Å². The van der Waals surface area contributed by atoms with Crippen LogP contribution in [0.3, 0.4) is 0 Å². The average molecular weight is 407 g/mol. The van der Waals surface area contributed by atoms with Gasteiger partial charge in [0.1, 0.15) is 0 Å². The molecule has 0 saturated heterocycles. The van der Waals surface area contributed by atoms with Crippen LogP contribution >= 0.6 is 0 Å². The molecule has 1 spiro atoms. The number of hydrogen-bond acceptors (Lipinski definition) is 0. The topological polar surface area (TPSA) is 0 Å². The second-order valence-corrected chi connectivity index (χ2v) is 9.67. The number of rotatable bonds is 0. The van der Waals surface area contributed by atoms with Crippen LogP contribution in [0.2, 0.25) is 0 Å². The van der Waals surface area contributed by atoms with Crippen LogP contribution in [0.15, 0.2) is 109 Å². The summed E-state index contributed by atoms with van der Waals surface area (Å²) in [6.07, 6.45) is 1.14. The highest BCUT2D eigenvalue weighted by Gasteiger charge is 2.60. The Bertz CT molecular complexity index is 1570. The Morgan fingerprint density at radius 1 is 0.531 bits per heavy atom. The third-order valence-electron chi connectivity index (χ3n) is 8.44. The van der Waals surface area contributed by atoms with Gasteiger partial charge in [0.25, 0.3) is 0 Å². The normalized spacial score (nSPS) is 23.6. The molecule has 5 aromatic carbocycles. The monoisotopic (exact) mass is 406 g/mol. The molecule has 3 atom stereocenters. The molecule has 0 heterocycles. The molecule has 0 bridgehead atoms. The summed E-state index contributed by atoms with van der Waals surface area (Å²) >= 11 is 0. The van der Waals surface area contributed by atoms with Crippen molar-refractivity contribution in [2.45, 2.75) is 23.7 Å². The van der Waals surface area contributed by atoms with Crippen LogP contribution in [0, 0.1) is 0 Å². The summed E-state index contributed by atoms with van der Waals surface area (Å²) < 4.78 is 0. The fourth-order valence-corrected chi connectivity index (χ4v) is 7.39. The number of hydrogen-bond donors (Lipinski definition) is 0. The second-order valence-electron chi connectivity index (χ2n) is 9.67. The first-order chi connectivity index (χ1) is 15.9. The van der Waals surface area contributed by atoms with Crippen LogP contribution in [-0.4, -0.2) is 0 Å². The lowest BCUT2D eigenvalue weighted by atomic mass is 9.65. The van der Waals surface area contributed by atoms with Gasteiger partial charge >= 0.3 is 0 Å². The highest BCUT2D eigenvalue weighted by molar-refractivity contribution is 5.95. The zero-order valence-electron chi connectivity index (χ0n) is 17.8. The lowest BCUT2D eigenvalue weighted by Gasteiger charge is -2.36. The Morgan fingerprint density at radius 3 is 2.06 bits per heavy atom. The van der Waals surface area contributed by atoms with Crippen molar-refractivity contribution in [1.82, 2.24) is 0 Å². The molecule has 0 aliphatic heterocycles. The van der Waals surface area contributed by atoms with Crippen LogP contribution in [0.5, 0.6) is 0 Å². The minimum absolute atomic E-state index is 0.121. The van der Waals surface area contributed by atoms with Crippen molar-refractivity contribution in [3.8, 4) is 11.1 Å². The summed E-state index contributed by atoms with van der Waals surface area (Å²) in [7, 11) is 0. The zero-order valence-corrected chi connectivity index (χ0v) is 17.8. The molecule has 150 valence electrons. The third kappa shape index (κ3) is 1.83. The van der Waals surface area contributed by atoms with Gasteiger partial charge in [-0.2, -0.15) is 0 Å². The lowest BCUT2D eigenvalue weighted by molar-refractivity contribution is 0.490. The molecule has 0 radical (unpaired) electrons. The summed E-state index contributed by atoms with van der Waals surface area (Å²) in [5.74, 6) is 0.980. The van der Waals surface area contributed by atoms with Crippen molar-refractivity contribution < 1.29 is 0 Å². The lowest BCUT2D eigenvalue weighted by Crippen LogP contribution is -2.31. The molecule has 3 unspecified atom stereocenters. The first-order valence-corrected chi connectivity index (χ1v) is 11.7. The minimum atomic E-state index is -0.121. The SMILES string of the molecule is c1ccc2c(c1)CC1c3ccccc3C3(c4ccccc4-c4cc5ccccc5cc43)C21. The van der Waals surface area contributed by atoms with Gasteiger partial charge in [0, 0.05) is 5.92 Å². The van der Waals surface area contributed by atoms with Gasteiger partial charge in [0.2, 0.25) is 0 Å². The van der Waals surface area contributed by atoms with E-state index in [4.69, 9.17) is 0 Å². The van der Waals surface area contributed by atoms with E-state index in [1.165, 1.54) is 44.2 Å². The van der Waals surface area contributed by atoms with E-state index in [0.717, 1.165) is 6.42 Å². The van der Waals surface area contributed by atoms with Gasteiger partial charge in [-0.3, -0.25) is 0 Å². The summed E-state index contributed by atoms with van der Waals surface area (Å²) in [4.78, 5) is 0. The smallest absolute Gasteiger partial charge is 0.0541 e. The predicted molar refractivity (Wildman–Crippen MR) is 131 cm³/mol. The average Bonchev–Trinajstić information content (AvgIpc) is 3.46. The maximum absolute atomic E-state index is 2.50. The highest BCUT2D eigenvalue weighted by Crippen LogP contribution is 2.70. The Kier molecular flexibility index (Phi) is 3.07. The molecule has 0 nitrogen and oxygen atoms in total. The molecule has 3 aliphatic carbocycles. The van der Waals surface area contributed by atoms with Crippen LogP contribution in [0.4, 0.5) is 0 Å². The van der Waals surface area contributed by atoms with Crippen LogP contribution in [0.1, 0.15) is 45.2 Å². The molecular weight excluding hydrogens is 384 g/mol. The van der Waals surface area contributed by atoms with Gasteiger partial charge in [0.05, 0.1) is 5.41 Å². The summed E-state index contributed by atoms with van der Waals surface area (Å²) in [6.45, 7) is 0. The summed E-state index contributed by atoms with van der Waals surface area (Å²) in [5, 5.41) is 2.67. The minimum Gasteiger partial charge on any atom is -0.0620 e. The quantitative estimate of drug-likeness (QED) is 0.248. The highest BCUT2D eigenvalue weighted by atomic mass is 14.6.